The highest BCUT2D eigenvalue weighted by molar-refractivity contribution is 6.26. The van der Waals surface area contributed by atoms with Gasteiger partial charge >= 0.3 is 0 Å². The van der Waals surface area contributed by atoms with E-state index in [0.717, 1.165) is 11.4 Å². The second-order valence-corrected chi connectivity index (χ2v) is 12.9. The largest absolute Gasteiger partial charge is 0.309 e. The van der Waals surface area contributed by atoms with E-state index in [1.54, 1.807) is 0 Å². The number of hydrogen-bond donors (Lipinski definition) is 0. The van der Waals surface area contributed by atoms with E-state index in [0.29, 0.717) is 0 Å². The zero-order chi connectivity index (χ0) is 33.0. The molecular formula is C48H32N2. The molecule has 8 aromatic carbocycles. The van der Waals surface area contributed by atoms with Gasteiger partial charge in [-0.2, -0.15) is 0 Å². The second-order valence-electron chi connectivity index (χ2n) is 12.9. The lowest BCUT2D eigenvalue weighted by Crippen LogP contribution is -1.96. The first-order valence-corrected chi connectivity index (χ1v) is 17.2. The number of rotatable bonds is 5. The third-order valence-electron chi connectivity index (χ3n) is 10.1. The zero-order valence-corrected chi connectivity index (χ0v) is 27.4. The van der Waals surface area contributed by atoms with Crippen LogP contribution < -0.4 is 0 Å². The van der Waals surface area contributed by atoms with Crippen molar-refractivity contribution in [2.75, 3.05) is 0 Å². The summed E-state index contributed by atoms with van der Waals surface area (Å²) in [6.45, 7) is 0. The Hall–Kier alpha value is -6.64. The smallest absolute Gasteiger partial charge is 0.0547 e. The third kappa shape index (κ3) is 4.29. The van der Waals surface area contributed by atoms with E-state index >= 15 is 0 Å². The molecule has 50 heavy (non-hydrogen) atoms. The lowest BCUT2D eigenvalue weighted by atomic mass is 9.84. The molecule has 0 unspecified atom stereocenters. The molecule has 10 rings (SSSR count). The summed E-state index contributed by atoms with van der Waals surface area (Å²) in [6.07, 6.45) is 0. The molecule has 2 heterocycles. The highest BCUT2D eigenvalue weighted by atomic mass is 15.0. The number of hydrogen-bond acceptors (Lipinski definition) is 0. The molecule has 0 bridgehead atoms. The molecule has 0 aliphatic rings. The minimum atomic E-state index is 1.15. The van der Waals surface area contributed by atoms with Crippen LogP contribution in [0.4, 0.5) is 0 Å². The van der Waals surface area contributed by atoms with Gasteiger partial charge in [-0.05, 0) is 70.8 Å². The van der Waals surface area contributed by atoms with E-state index in [1.807, 2.05) is 0 Å². The average Bonchev–Trinajstić information content (AvgIpc) is 3.72. The van der Waals surface area contributed by atoms with Crippen molar-refractivity contribution in [3.05, 3.63) is 194 Å². The number of aromatic nitrogens is 2. The van der Waals surface area contributed by atoms with Crippen LogP contribution in [0.1, 0.15) is 0 Å². The van der Waals surface area contributed by atoms with Crippen LogP contribution in [0, 0.1) is 0 Å². The van der Waals surface area contributed by atoms with Crippen LogP contribution in [0.3, 0.4) is 0 Å². The monoisotopic (exact) mass is 636 g/mol. The molecule has 2 aromatic heterocycles. The Kier molecular flexibility index (Phi) is 6.53. The Morgan fingerprint density at radius 2 is 0.600 bits per heavy atom. The van der Waals surface area contributed by atoms with E-state index in [1.165, 1.54) is 77.0 Å². The summed E-state index contributed by atoms with van der Waals surface area (Å²) in [5.41, 5.74) is 14.4. The van der Waals surface area contributed by atoms with E-state index in [9.17, 15) is 0 Å². The van der Waals surface area contributed by atoms with Crippen molar-refractivity contribution in [2.45, 2.75) is 0 Å². The molecule has 0 spiro atoms. The summed E-state index contributed by atoms with van der Waals surface area (Å²) in [6, 6.07) is 70.4. The van der Waals surface area contributed by atoms with E-state index in [2.05, 4.69) is 203 Å². The minimum Gasteiger partial charge on any atom is -0.309 e. The maximum absolute atomic E-state index is 2.43. The molecule has 0 amide bonds. The molecule has 234 valence electrons. The zero-order valence-electron chi connectivity index (χ0n) is 27.4. The summed E-state index contributed by atoms with van der Waals surface area (Å²) in [5, 5.41) is 4.99. The van der Waals surface area contributed by atoms with Gasteiger partial charge in [0.05, 0.1) is 22.1 Å². The van der Waals surface area contributed by atoms with Crippen LogP contribution >= 0.6 is 0 Å². The van der Waals surface area contributed by atoms with Crippen LogP contribution in [0.5, 0.6) is 0 Å². The fourth-order valence-corrected chi connectivity index (χ4v) is 8.07. The van der Waals surface area contributed by atoms with Crippen LogP contribution in [0.25, 0.3) is 88.4 Å². The van der Waals surface area contributed by atoms with Gasteiger partial charge in [0, 0.05) is 44.0 Å². The van der Waals surface area contributed by atoms with Crippen molar-refractivity contribution in [3.63, 3.8) is 0 Å². The Labute approximate surface area is 290 Å². The Morgan fingerprint density at radius 3 is 1.00 bits per heavy atom. The molecule has 0 saturated carbocycles. The van der Waals surface area contributed by atoms with Gasteiger partial charge in [-0.3, -0.25) is 0 Å². The third-order valence-corrected chi connectivity index (χ3v) is 10.1. The van der Waals surface area contributed by atoms with Gasteiger partial charge in [-0.15, -0.1) is 0 Å². The summed E-state index contributed by atoms with van der Waals surface area (Å²) in [7, 11) is 0. The molecule has 0 N–H and O–H groups in total. The second kappa shape index (κ2) is 11.5. The Bertz CT molecular complexity index is 2630. The molecule has 0 atom stereocenters. The summed E-state index contributed by atoms with van der Waals surface area (Å²) in [5.74, 6) is 0. The summed E-state index contributed by atoms with van der Waals surface area (Å²) < 4.78 is 4.86. The van der Waals surface area contributed by atoms with Gasteiger partial charge in [0.2, 0.25) is 0 Å². The van der Waals surface area contributed by atoms with Crippen molar-refractivity contribution in [3.8, 4) is 44.8 Å². The summed E-state index contributed by atoms with van der Waals surface area (Å²) >= 11 is 0. The van der Waals surface area contributed by atoms with Gasteiger partial charge in [0.25, 0.3) is 0 Å². The van der Waals surface area contributed by atoms with Gasteiger partial charge in [0.15, 0.2) is 0 Å². The first-order chi connectivity index (χ1) is 24.9. The number of para-hydroxylation sites is 4. The molecule has 0 saturated heterocycles. The number of nitrogens with zero attached hydrogens (tertiary/aromatic N) is 2. The first kappa shape index (κ1) is 28.4. The van der Waals surface area contributed by atoms with Gasteiger partial charge in [-0.1, -0.05) is 146 Å². The lowest BCUT2D eigenvalue weighted by Gasteiger charge is -2.19. The maximum Gasteiger partial charge on any atom is 0.0547 e. The van der Waals surface area contributed by atoms with Crippen molar-refractivity contribution >= 4 is 43.6 Å². The molecule has 0 radical (unpaired) electrons. The minimum absolute atomic E-state index is 1.15. The van der Waals surface area contributed by atoms with Crippen molar-refractivity contribution < 1.29 is 0 Å². The number of benzene rings is 8. The predicted molar refractivity (Wildman–Crippen MR) is 211 cm³/mol. The molecular weight excluding hydrogens is 605 g/mol. The molecule has 0 aliphatic carbocycles. The molecule has 0 fully saturated rings. The predicted octanol–water partition coefficient (Wildman–Crippen LogP) is 12.9. The quantitative estimate of drug-likeness (QED) is 0.178. The topological polar surface area (TPSA) is 9.86 Å². The molecule has 10 aromatic rings. The lowest BCUT2D eigenvalue weighted by molar-refractivity contribution is 1.18. The molecule has 0 aliphatic heterocycles. The highest BCUT2D eigenvalue weighted by Gasteiger charge is 2.26. The normalized spacial score (nSPS) is 11.6. The Morgan fingerprint density at radius 1 is 0.260 bits per heavy atom. The van der Waals surface area contributed by atoms with Crippen molar-refractivity contribution in [1.29, 1.82) is 0 Å². The highest BCUT2D eigenvalue weighted by Crippen LogP contribution is 2.51. The van der Waals surface area contributed by atoms with E-state index < -0.39 is 0 Å². The van der Waals surface area contributed by atoms with Crippen molar-refractivity contribution in [1.82, 2.24) is 9.13 Å². The summed E-state index contributed by atoms with van der Waals surface area (Å²) in [4.78, 5) is 0. The number of fused-ring (bicyclic) bond motifs is 6. The van der Waals surface area contributed by atoms with Crippen LogP contribution in [0.15, 0.2) is 194 Å². The molecule has 2 nitrogen and oxygen atoms in total. The van der Waals surface area contributed by atoms with E-state index in [-0.39, 0.29) is 0 Å². The van der Waals surface area contributed by atoms with Crippen LogP contribution in [-0.2, 0) is 0 Å². The van der Waals surface area contributed by atoms with Gasteiger partial charge < -0.3 is 9.13 Å². The standard InChI is InChI=1S/C48H32N2/c1-5-17-33(18-6-1)37-29-31-43-45(39-25-13-15-27-41(39)49(43)35-21-9-3-10-22-35)47(37)48-38(34-19-7-2-8-20-34)30-32-44-46(48)40-26-14-16-28-42(40)50(44)36-23-11-4-12-24-36/h1-32H. The van der Waals surface area contributed by atoms with Crippen LogP contribution in [0.2, 0.25) is 0 Å². The SMILES string of the molecule is c1ccc(-c2ccc3c(c2-c2c(-c4ccccc4)ccc4c2c2ccccc2n4-c2ccccc2)c2ccccc2n3-c2ccccc2)cc1. The maximum atomic E-state index is 2.43. The van der Waals surface area contributed by atoms with Gasteiger partial charge in [0.1, 0.15) is 0 Å². The fourth-order valence-electron chi connectivity index (χ4n) is 8.07. The van der Waals surface area contributed by atoms with E-state index in [4.69, 9.17) is 0 Å². The average molecular weight is 637 g/mol. The fraction of sp³-hybridized carbons (Fsp3) is 0. The first-order valence-electron chi connectivity index (χ1n) is 17.2. The van der Waals surface area contributed by atoms with Crippen molar-refractivity contribution in [2.24, 2.45) is 0 Å². The molecule has 2 heteroatoms. The Balaban J connectivity index is 1.47. The van der Waals surface area contributed by atoms with Crippen LogP contribution in [-0.4, -0.2) is 9.13 Å². The van der Waals surface area contributed by atoms with Gasteiger partial charge in [-0.25, -0.2) is 0 Å².